The minimum atomic E-state index is 0.551. The third kappa shape index (κ3) is 1.72. The summed E-state index contributed by atoms with van der Waals surface area (Å²) in [5.74, 6) is 4.13. The molecule has 0 heteroatoms. The van der Waals surface area contributed by atoms with Crippen molar-refractivity contribution in [1.82, 2.24) is 0 Å². The van der Waals surface area contributed by atoms with E-state index in [1.54, 1.807) is 18.4 Å². The van der Waals surface area contributed by atoms with Crippen molar-refractivity contribution in [1.29, 1.82) is 0 Å². The first-order valence-corrected chi connectivity index (χ1v) is 9.21. The lowest BCUT2D eigenvalue weighted by Crippen LogP contribution is -2.51. The van der Waals surface area contributed by atoms with Gasteiger partial charge in [0.05, 0.1) is 0 Å². The molecular weight excluding hydrogens is 240 g/mol. The van der Waals surface area contributed by atoms with Gasteiger partial charge in [-0.15, -0.1) is 0 Å². The Kier molecular flexibility index (Phi) is 2.93. The van der Waals surface area contributed by atoms with Crippen LogP contribution in [0, 0.1) is 34.5 Å². The topological polar surface area (TPSA) is 0 Å². The zero-order valence-electron chi connectivity index (χ0n) is 13.8. The van der Waals surface area contributed by atoms with Crippen LogP contribution < -0.4 is 0 Å². The van der Waals surface area contributed by atoms with Gasteiger partial charge in [-0.25, -0.2) is 0 Å². The van der Waals surface area contributed by atoms with Crippen molar-refractivity contribution < 1.29 is 0 Å². The molecule has 4 aliphatic carbocycles. The number of hydrogen-bond donors (Lipinski definition) is 0. The van der Waals surface area contributed by atoms with Crippen LogP contribution in [0.2, 0.25) is 0 Å². The SMILES string of the molecule is CC1=C[C@@]2(C)C(CC1)CC[C@H]1[C@@H]3CCC[C@@]3(C)CC[C@@H]12. The van der Waals surface area contributed by atoms with Crippen LogP contribution in [0.5, 0.6) is 0 Å². The average molecular weight is 272 g/mol. The predicted octanol–water partition coefficient (Wildman–Crippen LogP) is 5.98. The van der Waals surface area contributed by atoms with Crippen LogP contribution in [-0.4, -0.2) is 0 Å². The zero-order valence-corrected chi connectivity index (χ0v) is 13.8. The Bertz CT molecular complexity index is 433. The molecule has 3 fully saturated rings. The fourth-order valence-corrected chi connectivity index (χ4v) is 7.15. The second-order valence-electron chi connectivity index (χ2n) is 9.13. The monoisotopic (exact) mass is 272 g/mol. The summed E-state index contributed by atoms with van der Waals surface area (Å²) in [4.78, 5) is 0. The second kappa shape index (κ2) is 4.37. The van der Waals surface area contributed by atoms with Crippen molar-refractivity contribution in [2.75, 3.05) is 0 Å². The quantitative estimate of drug-likeness (QED) is 0.476. The predicted molar refractivity (Wildman–Crippen MR) is 85.5 cm³/mol. The van der Waals surface area contributed by atoms with Crippen LogP contribution in [0.15, 0.2) is 11.6 Å². The summed E-state index contributed by atoms with van der Waals surface area (Å²) in [6.07, 6.45) is 16.3. The lowest BCUT2D eigenvalue weighted by atomic mass is 9.46. The van der Waals surface area contributed by atoms with Gasteiger partial charge >= 0.3 is 0 Å². The lowest BCUT2D eigenvalue weighted by molar-refractivity contribution is -0.0686. The maximum atomic E-state index is 2.73. The molecule has 0 heterocycles. The smallest absolute Gasteiger partial charge is 0.00846 e. The molecule has 0 amide bonds. The lowest BCUT2D eigenvalue weighted by Gasteiger charge is -2.58. The van der Waals surface area contributed by atoms with Gasteiger partial charge in [-0.2, -0.15) is 0 Å². The van der Waals surface area contributed by atoms with Crippen molar-refractivity contribution in [3.8, 4) is 0 Å². The molecule has 6 atom stereocenters. The van der Waals surface area contributed by atoms with Crippen molar-refractivity contribution in [2.45, 2.75) is 78.6 Å². The Morgan fingerprint density at radius 1 is 0.950 bits per heavy atom. The van der Waals surface area contributed by atoms with Gasteiger partial charge < -0.3 is 0 Å². The van der Waals surface area contributed by atoms with E-state index in [9.17, 15) is 0 Å². The molecule has 112 valence electrons. The Hall–Kier alpha value is -0.260. The van der Waals surface area contributed by atoms with E-state index in [0.29, 0.717) is 5.41 Å². The number of allylic oxidation sites excluding steroid dienone is 2. The van der Waals surface area contributed by atoms with Gasteiger partial charge in [-0.1, -0.05) is 31.9 Å². The van der Waals surface area contributed by atoms with Crippen LogP contribution in [0.4, 0.5) is 0 Å². The van der Waals surface area contributed by atoms with Gasteiger partial charge in [0.2, 0.25) is 0 Å². The van der Waals surface area contributed by atoms with Gasteiger partial charge in [0.15, 0.2) is 0 Å². The van der Waals surface area contributed by atoms with Crippen LogP contribution in [0.3, 0.4) is 0 Å². The van der Waals surface area contributed by atoms with Gasteiger partial charge in [-0.05, 0) is 92.8 Å². The van der Waals surface area contributed by atoms with E-state index in [1.807, 2.05) is 0 Å². The molecule has 0 aromatic heterocycles. The normalized spacial score (nSPS) is 54.6. The van der Waals surface area contributed by atoms with Crippen molar-refractivity contribution in [3.05, 3.63) is 11.6 Å². The Morgan fingerprint density at radius 3 is 2.65 bits per heavy atom. The molecule has 0 saturated heterocycles. The molecule has 0 radical (unpaired) electrons. The molecule has 0 aromatic carbocycles. The van der Waals surface area contributed by atoms with Crippen molar-refractivity contribution in [2.24, 2.45) is 34.5 Å². The van der Waals surface area contributed by atoms with Crippen LogP contribution in [-0.2, 0) is 0 Å². The number of rotatable bonds is 0. The average Bonchev–Trinajstić information content (AvgIpc) is 2.79. The summed E-state index contributed by atoms with van der Waals surface area (Å²) in [5, 5.41) is 0. The first-order valence-electron chi connectivity index (χ1n) is 9.21. The van der Waals surface area contributed by atoms with Crippen LogP contribution in [0.1, 0.15) is 78.6 Å². The molecule has 4 aliphatic rings. The first kappa shape index (κ1) is 13.4. The van der Waals surface area contributed by atoms with E-state index in [1.165, 1.54) is 44.9 Å². The zero-order chi connectivity index (χ0) is 14.0. The highest BCUT2D eigenvalue weighted by Crippen LogP contribution is 2.65. The maximum Gasteiger partial charge on any atom is -0.00846 e. The van der Waals surface area contributed by atoms with Gasteiger partial charge in [0, 0.05) is 0 Å². The highest BCUT2D eigenvalue weighted by Gasteiger charge is 2.56. The second-order valence-corrected chi connectivity index (χ2v) is 9.13. The summed E-state index contributed by atoms with van der Waals surface area (Å²) in [6, 6.07) is 0. The summed E-state index contributed by atoms with van der Waals surface area (Å²) < 4.78 is 0. The molecular formula is C20H32. The highest BCUT2D eigenvalue weighted by atomic mass is 14.6. The van der Waals surface area contributed by atoms with E-state index >= 15 is 0 Å². The summed E-state index contributed by atoms with van der Waals surface area (Å²) in [7, 11) is 0. The van der Waals surface area contributed by atoms with E-state index in [4.69, 9.17) is 0 Å². The summed E-state index contributed by atoms with van der Waals surface area (Å²) in [6.45, 7) is 7.64. The van der Waals surface area contributed by atoms with Crippen molar-refractivity contribution >= 4 is 0 Å². The maximum absolute atomic E-state index is 2.73. The van der Waals surface area contributed by atoms with E-state index in [-0.39, 0.29) is 0 Å². The van der Waals surface area contributed by atoms with Gasteiger partial charge in [-0.3, -0.25) is 0 Å². The minimum Gasteiger partial charge on any atom is -0.0791 e. The minimum absolute atomic E-state index is 0.551. The molecule has 0 aliphatic heterocycles. The molecule has 1 unspecified atom stereocenters. The third-order valence-electron chi connectivity index (χ3n) is 8.19. The molecule has 20 heavy (non-hydrogen) atoms. The fraction of sp³-hybridized carbons (Fsp3) is 0.900. The van der Waals surface area contributed by atoms with Gasteiger partial charge in [0.25, 0.3) is 0 Å². The van der Waals surface area contributed by atoms with E-state index in [0.717, 1.165) is 29.1 Å². The summed E-state index contributed by atoms with van der Waals surface area (Å²) in [5.41, 5.74) is 2.96. The fourth-order valence-electron chi connectivity index (χ4n) is 7.15. The largest absolute Gasteiger partial charge is 0.0791 e. The van der Waals surface area contributed by atoms with Crippen LogP contribution >= 0.6 is 0 Å². The first-order chi connectivity index (χ1) is 9.53. The van der Waals surface area contributed by atoms with Crippen LogP contribution in [0.25, 0.3) is 0 Å². The number of fused-ring (bicyclic) bond motifs is 5. The highest BCUT2D eigenvalue weighted by molar-refractivity contribution is 5.18. The van der Waals surface area contributed by atoms with E-state index < -0.39 is 0 Å². The standard InChI is InChI=1S/C20H32/c1-14-6-7-15-8-9-16-17-5-4-11-19(17,2)12-10-18(16)20(15,3)13-14/h13,15-18H,4-12H2,1-3H3/t15?,16-,17-,18-,19-,20-/m0/s1. The molecule has 0 nitrogen and oxygen atoms in total. The Balaban J connectivity index is 1.69. The molecule has 3 saturated carbocycles. The number of hydrogen-bond acceptors (Lipinski definition) is 0. The third-order valence-corrected chi connectivity index (χ3v) is 8.19. The summed E-state index contributed by atoms with van der Waals surface area (Å²) >= 11 is 0. The van der Waals surface area contributed by atoms with E-state index in [2.05, 4.69) is 26.8 Å². The molecule has 0 N–H and O–H groups in total. The van der Waals surface area contributed by atoms with Crippen molar-refractivity contribution in [3.63, 3.8) is 0 Å². The Labute approximate surface area is 125 Å². The molecule has 0 bridgehead atoms. The van der Waals surface area contributed by atoms with Gasteiger partial charge in [0.1, 0.15) is 0 Å². The Morgan fingerprint density at radius 2 is 1.80 bits per heavy atom. The molecule has 0 spiro atoms. The molecule has 0 aromatic rings. The molecule has 4 rings (SSSR count).